The zero-order valence-corrected chi connectivity index (χ0v) is 11.2. The maximum absolute atomic E-state index is 11.7. The van der Waals surface area contributed by atoms with E-state index < -0.39 is 22.0 Å². The predicted octanol–water partition coefficient (Wildman–Crippen LogP) is 1.14. The van der Waals surface area contributed by atoms with Crippen LogP contribution < -0.4 is 4.72 Å². The lowest BCUT2D eigenvalue weighted by Crippen LogP contribution is -2.38. The van der Waals surface area contributed by atoms with Gasteiger partial charge in [0.05, 0.1) is 5.75 Å². The maximum atomic E-state index is 11.7. The fourth-order valence-electron chi connectivity index (χ4n) is 1.45. The first-order chi connectivity index (χ1) is 8.34. The molecule has 0 saturated heterocycles. The van der Waals surface area contributed by atoms with Crippen molar-refractivity contribution in [3.05, 3.63) is 35.4 Å². The number of aryl methyl sites for hydroxylation is 1. The Morgan fingerprint density at radius 1 is 1.28 bits per heavy atom. The predicted molar refractivity (Wildman–Crippen MR) is 68.7 cm³/mol. The first-order valence-corrected chi connectivity index (χ1v) is 7.30. The normalized spacial score (nSPS) is 13.2. The van der Waals surface area contributed by atoms with Crippen LogP contribution in [-0.2, 0) is 27.0 Å². The molecule has 0 radical (unpaired) electrons. The molecule has 0 aliphatic heterocycles. The Kier molecular flexibility index (Phi) is 4.86. The van der Waals surface area contributed by atoms with Crippen LogP contribution in [-0.4, -0.2) is 25.5 Å². The molecule has 0 fully saturated rings. The molecule has 1 rings (SSSR count). The Morgan fingerprint density at radius 3 is 2.22 bits per heavy atom. The summed E-state index contributed by atoms with van der Waals surface area (Å²) in [7, 11) is -3.63. The molecule has 0 aliphatic carbocycles. The van der Waals surface area contributed by atoms with Gasteiger partial charge < -0.3 is 5.11 Å². The topological polar surface area (TPSA) is 83.5 Å². The molecule has 0 saturated carbocycles. The van der Waals surface area contributed by atoms with Crippen LogP contribution in [0, 0.1) is 0 Å². The molecule has 1 aromatic carbocycles. The Bertz CT molecular complexity index is 507. The molecular formula is C12H17NO4S. The minimum absolute atomic E-state index is 0.214. The smallest absolute Gasteiger partial charge is 0.321 e. The van der Waals surface area contributed by atoms with Crippen LogP contribution in [0.4, 0.5) is 0 Å². The number of hydrogen-bond donors (Lipinski definition) is 2. The third kappa shape index (κ3) is 4.46. The fourth-order valence-corrected chi connectivity index (χ4v) is 2.81. The summed E-state index contributed by atoms with van der Waals surface area (Å²) in [5.74, 6) is -1.41. The second-order valence-corrected chi connectivity index (χ2v) is 5.86. The van der Waals surface area contributed by atoms with E-state index in [1.165, 1.54) is 6.92 Å². The molecule has 0 aromatic heterocycles. The number of rotatable bonds is 6. The Labute approximate surface area is 107 Å². The zero-order valence-electron chi connectivity index (χ0n) is 10.4. The summed E-state index contributed by atoms with van der Waals surface area (Å²) in [6, 6.07) is 6.09. The molecule has 0 amide bonds. The van der Waals surface area contributed by atoms with Gasteiger partial charge in [-0.2, -0.15) is 0 Å². The van der Waals surface area contributed by atoms with Crippen molar-refractivity contribution in [2.45, 2.75) is 32.1 Å². The van der Waals surface area contributed by atoms with Crippen molar-refractivity contribution < 1.29 is 18.3 Å². The van der Waals surface area contributed by atoms with Crippen LogP contribution in [0.2, 0.25) is 0 Å². The van der Waals surface area contributed by atoms with Gasteiger partial charge in [-0.1, -0.05) is 31.2 Å². The number of carboxylic acid groups (broad SMARTS) is 1. The molecule has 0 unspecified atom stereocenters. The van der Waals surface area contributed by atoms with E-state index in [-0.39, 0.29) is 5.75 Å². The van der Waals surface area contributed by atoms with Crippen LogP contribution in [0.25, 0.3) is 0 Å². The van der Waals surface area contributed by atoms with E-state index in [4.69, 9.17) is 5.11 Å². The average molecular weight is 271 g/mol. The average Bonchev–Trinajstić information content (AvgIpc) is 2.28. The highest BCUT2D eigenvalue weighted by Crippen LogP contribution is 2.08. The van der Waals surface area contributed by atoms with Crippen molar-refractivity contribution in [1.82, 2.24) is 4.72 Å². The quantitative estimate of drug-likeness (QED) is 0.812. The second kappa shape index (κ2) is 5.97. The maximum Gasteiger partial charge on any atom is 0.321 e. The summed E-state index contributed by atoms with van der Waals surface area (Å²) in [5, 5.41) is 8.65. The van der Waals surface area contributed by atoms with Gasteiger partial charge in [0, 0.05) is 0 Å². The van der Waals surface area contributed by atoms with E-state index >= 15 is 0 Å². The lowest BCUT2D eigenvalue weighted by atomic mass is 10.1. The zero-order chi connectivity index (χ0) is 13.8. The first kappa shape index (κ1) is 14.7. The Balaban J connectivity index is 2.73. The van der Waals surface area contributed by atoms with E-state index in [1.54, 1.807) is 12.1 Å². The van der Waals surface area contributed by atoms with E-state index in [9.17, 15) is 13.2 Å². The van der Waals surface area contributed by atoms with Gasteiger partial charge in [0.15, 0.2) is 0 Å². The molecule has 1 aromatic rings. The Hall–Kier alpha value is -1.40. The minimum Gasteiger partial charge on any atom is -0.480 e. The third-order valence-corrected chi connectivity index (χ3v) is 3.94. The number of sulfonamides is 1. The summed E-state index contributed by atoms with van der Waals surface area (Å²) < 4.78 is 25.5. The van der Waals surface area contributed by atoms with Crippen molar-refractivity contribution in [3.63, 3.8) is 0 Å². The number of benzene rings is 1. The number of carbonyl (C=O) groups is 1. The molecule has 6 heteroatoms. The molecule has 0 aliphatic rings. The molecule has 0 bridgehead atoms. The summed E-state index contributed by atoms with van der Waals surface area (Å²) in [6.07, 6.45) is 0.890. The minimum atomic E-state index is -3.63. The monoisotopic (exact) mass is 271 g/mol. The molecule has 1 atom stereocenters. The number of carboxylic acids is 1. The first-order valence-electron chi connectivity index (χ1n) is 5.64. The van der Waals surface area contributed by atoms with Gasteiger partial charge in [-0.05, 0) is 24.5 Å². The highest BCUT2D eigenvalue weighted by Gasteiger charge is 2.19. The largest absolute Gasteiger partial charge is 0.480 e. The van der Waals surface area contributed by atoms with Crippen molar-refractivity contribution in [2.24, 2.45) is 0 Å². The third-order valence-electron chi connectivity index (χ3n) is 2.51. The lowest BCUT2D eigenvalue weighted by molar-refractivity contribution is -0.138. The molecule has 2 N–H and O–H groups in total. The van der Waals surface area contributed by atoms with Gasteiger partial charge in [0.2, 0.25) is 10.0 Å². The fraction of sp³-hybridized carbons (Fsp3) is 0.417. The second-order valence-electron chi connectivity index (χ2n) is 4.11. The summed E-state index contributed by atoms with van der Waals surface area (Å²) in [4.78, 5) is 10.6. The van der Waals surface area contributed by atoms with Gasteiger partial charge in [-0.3, -0.25) is 4.79 Å². The van der Waals surface area contributed by atoms with Gasteiger partial charge in [-0.15, -0.1) is 0 Å². The standard InChI is InChI=1S/C12H17NO4S/c1-3-10-4-6-11(7-5-10)8-18(16,17)13-9(2)12(14)15/h4-7,9,13H,3,8H2,1-2H3,(H,14,15)/t9-/m0/s1. The Morgan fingerprint density at radius 2 is 1.78 bits per heavy atom. The van der Waals surface area contributed by atoms with Crippen molar-refractivity contribution in [3.8, 4) is 0 Å². The summed E-state index contributed by atoms with van der Waals surface area (Å²) in [5.41, 5.74) is 1.76. The highest BCUT2D eigenvalue weighted by molar-refractivity contribution is 7.88. The van der Waals surface area contributed by atoms with E-state index in [0.717, 1.165) is 12.0 Å². The summed E-state index contributed by atoms with van der Waals surface area (Å²) >= 11 is 0. The number of hydrogen-bond acceptors (Lipinski definition) is 3. The van der Waals surface area contributed by atoms with Gasteiger partial charge in [0.25, 0.3) is 0 Å². The SMILES string of the molecule is CCc1ccc(CS(=O)(=O)N[C@@H](C)C(=O)O)cc1. The van der Waals surface area contributed by atoms with Crippen LogP contribution in [0.15, 0.2) is 24.3 Å². The van der Waals surface area contributed by atoms with Crippen LogP contribution in [0.5, 0.6) is 0 Å². The van der Waals surface area contributed by atoms with Crippen LogP contribution in [0.1, 0.15) is 25.0 Å². The summed E-state index contributed by atoms with van der Waals surface area (Å²) in [6.45, 7) is 3.31. The van der Waals surface area contributed by atoms with Crippen molar-refractivity contribution in [1.29, 1.82) is 0 Å². The van der Waals surface area contributed by atoms with Crippen molar-refractivity contribution in [2.75, 3.05) is 0 Å². The van der Waals surface area contributed by atoms with E-state index in [2.05, 4.69) is 4.72 Å². The van der Waals surface area contributed by atoms with Gasteiger partial charge in [-0.25, -0.2) is 13.1 Å². The molecule has 0 spiro atoms. The van der Waals surface area contributed by atoms with Crippen molar-refractivity contribution >= 4 is 16.0 Å². The van der Waals surface area contributed by atoms with E-state index in [1.807, 2.05) is 19.1 Å². The van der Waals surface area contributed by atoms with Crippen LogP contribution >= 0.6 is 0 Å². The molecular weight excluding hydrogens is 254 g/mol. The van der Waals surface area contributed by atoms with E-state index in [0.29, 0.717) is 5.56 Å². The van der Waals surface area contributed by atoms with Gasteiger partial charge >= 0.3 is 5.97 Å². The molecule has 18 heavy (non-hydrogen) atoms. The number of aliphatic carboxylic acids is 1. The molecule has 5 nitrogen and oxygen atoms in total. The molecule has 0 heterocycles. The highest BCUT2D eigenvalue weighted by atomic mass is 32.2. The van der Waals surface area contributed by atoms with Crippen LogP contribution in [0.3, 0.4) is 0 Å². The molecule has 100 valence electrons. The lowest BCUT2D eigenvalue weighted by Gasteiger charge is -2.10. The number of nitrogens with one attached hydrogen (secondary N) is 1. The van der Waals surface area contributed by atoms with Gasteiger partial charge in [0.1, 0.15) is 6.04 Å².